The van der Waals surface area contributed by atoms with Crippen LogP contribution >= 0.6 is 0 Å². The summed E-state index contributed by atoms with van der Waals surface area (Å²) in [5.74, 6) is -0.996. The number of aromatic nitrogens is 1. The second-order valence-electron chi connectivity index (χ2n) is 9.53. The second-order valence-corrected chi connectivity index (χ2v) is 9.53. The van der Waals surface area contributed by atoms with Crippen LogP contribution in [0.25, 0.3) is 22.0 Å². The lowest BCUT2D eigenvalue weighted by molar-refractivity contribution is 0.0698. The van der Waals surface area contributed by atoms with E-state index in [1.165, 1.54) is 0 Å². The Labute approximate surface area is 203 Å². The zero-order valence-electron chi connectivity index (χ0n) is 20.0. The van der Waals surface area contributed by atoms with Gasteiger partial charge >= 0.3 is 5.97 Å². The van der Waals surface area contributed by atoms with E-state index in [1.54, 1.807) is 35.9 Å². The molecule has 6 heteroatoms. The van der Waals surface area contributed by atoms with E-state index >= 15 is 0 Å². The molecule has 1 fully saturated rings. The number of carboxylic acid groups (broad SMARTS) is 1. The maximum absolute atomic E-state index is 13.4. The van der Waals surface area contributed by atoms with E-state index in [-0.39, 0.29) is 17.2 Å². The second kappa shape index (κ2) is 8.40. The van der Waals surface area contributed by atoms with Crippen molar-refractivity contribution in [1.82, 2.24) is 4.57 Å². The van der Waals surface area contributed by atoms with Crippen LogP contribution in [0, 0.1) is 6.92 Å². The predicted octanol–water partition coefficient (Wildman–Crippen LogP) is 5.37. The van der Waals surface area contributed by atoms with E-state index in [4.69, 9.17) is 0 Å². The van der Waals surface area contributed by atoms with Crippen molar-refractivity contribution >= 4 is 22.4 Å². The maximum Gasteiger partial charge on any atom is 0.337 e. The van der Waals surface area contributed by atoms with E-state index in [9.17, 15) is 19.8 Å². The minimum absolute atomic E-state index is 0.0921. The number of nitrogens with one attached hydrogen (secondary N) is 1. The molecular weight excluding hydrogens is 440 g/mol. The average molecular weight is 469 g/mol. The number of para-hydroxylation sites is 1. The lowest BCUT2D eigenvalue weighted by atomic mass is 9.95. The first-order valence-corrected chi connectivity index (χ1v) is 11.7. The number of rotatable bonds is 6. The number of anilines is 1. The smallest absolute Gasteiger partial charge is 0.337 e. The number of benzene rings is 3. The van der Waals surface area contributed by atoms with Gasteiger partial charge in [-0.1, -0.05) is 42.5 Å². The first-order valence-electron chi connectivity index (χ1n) is 11.7. The summed E-state index contributed by atoms with van der Waals surface area (Å²) in [6.45, 7) is 3.92. The highest BCUT2D eigenvalue weighted by Crippen LogP contribution is 2.45. The molecule has 1 heterocycles. The van der Waals surface area contributed by atoms with Crippen molar-refractivity contribution in [3.8, 4) is 11.3 Å². The molecule has 0 saturated heterocycles. The van der Waals surface area contributed by atoms with Crippen molar-refractivity contribution in [2.45, 2.75) is 38.3 Å². The van der Waals surface area contributed by atoms with Gasteiger partial charge in [0.05, 0.1) is 16.9 Å². The van der Waals surface area contributed by atoms with Gasteiger partial charge in [0, 0.05) is 24.2 Å². The molecule has 0 spiro atoms. The molecule has 1 saturated carbocycles. The normalized spacial score (nSPS) is 15.1. The minimum atomic E-state index is -0.996. The van der Waals surface area contributed by atoms with Crippen LogP contribution in [0.5, 0.6) is 0 Å². The molecule has 35 heavy (non-hydrogen) atoms. The number of pyridine rings is 1. The molecule has 5 rings (SSSR count). The van der Waals surface area contributed by atoms with Gasteiger partial charge in [0.1, 0.15) is 0 Å². The summed E-state index contributed by atoms with van der Waals surface area (Å²) in [4.78, 5) is 25.1. The molecule has 6 nitrogen and oxygen atoms in total. The standard InChI is InChI=1S/C29H28N2O4/c1-17-14-22(18(2)30-25-7-5-4-6-21(25)28(33)34)23-16-26(31(3)27(32)24(23)15-17)19-8-10-20(11-9-19)29(35)12-13-29/h4-11,14-16,18,30,35H,12-13H2,1-3H3,(H,33,34). The van der Waals surface area contributed by atoms with Crippen LogP contribution in [-0.4, -0.2) is 20.7 Å². The number of aryl methyl sites for hydroxylation is 1. The quantitative estimate of drug-likeness (QED) is 0.354. The van der Waals surface area contributed by atoms with Gasteiger partial charge in [-0.15, -0.1) is 0 Å². The van der Waals surface area contributed by atoms with E-state index in [0.29, 0.717) is 11.1 Å². The van der Waals surface area contributed by atoms with Gasteiger partial charge in [-0.3, -0.25) is 4.79 Å². The SMILES string of the molecule is Cc1cc(C(C)Nc2ccccc2C(=O)O)c2cc(-c3ccc(C4(O)CC4)cc3)n(C)c(=O)c2c1. The summed E-state index contributed by atoms with van der Waals surface area (Å²) in [5, 5.41) is 24.7. The van der Waals surface area contributed by atoms with Crippen molar-refractivity contribution in [1.29, 1.82) is 0 Å². The van der Waals surface area contributed by atoms with Crippen LogP contribution in [-0.2, 0) is 12.6 Å². The van der Waals surface area contributed by atoms with E-state index < -0.39 is 11.6 Å². The largest absolute Gasteiger partial charge is 0.478 e. The van der Waals surface area contributed by atoms with Crippen molar-refractivity contribution in [2.75, 3.05) is 5.32 Å². The Bertz CT molecular complexity index is 1510. The highest BCUT2D eigenvalue weighted by atomic mass is 16.4. The fourth-order valence-corrected chi connectivity index (χ4v) is 4.79. The monoisotopic (exact) mass is 468 g/mol. The molecule has 1 aliphatic rings. The van der Waals surface area contributed by atoms with Gasteiger partial charge in [0.2, 0.25) is 0 Å². The van der Waals surface area contributed by atoms with Crippen molar-refractivity contribution < 1.29 is 15.0 Å². The summed E-state index contributed by atoms with van der Waals surface area (Å²) in [6, 6.07) is 20.3. The first-order chi connectivity index (χ1) is 16.7. The van der Waals surface area contributed by atoms with Crippen LogP contribution in [0.1, 0.15) is 52.9 Å². The number of nitrogens with zero attached hydrogens (tertiary/aromatic N) is 1. The van der Waals surface area contributed by atoms with Gasteiger partial charge in [0.25, 0.3) is 5.56 Å². The number of carboxylic acids is 1. The number of aromatic carboxylic acids is 1. The average Bonchev–Trinajstić information content (AvgIpc) is 3.60. The molecule has 0 amide bonds. The lowest BCUT2D eigenvalue weighted by Gasteiger charge is -2.21. The van der Waals surface area contributed by atoms with Gasteiger partial charge in [-0.05, 0) is 78.6 Å². The Kier molecular flexibility index (Phi) is 5.49. The third-order valence-electron chi connectivity index (χ3n) is 6.97. The Morgan fingerprint density at radius 3 is 2.37 bits per heavy atom. The Morgan fingerprint density at radius 1 is 1.03 bits per heavy atom. The summed E-state index contributed by atoms with van der Waals surface area (Å²) in [7, 11) is 1.77. The summed E-state index contributed by atoms with van der Waals surface area (Å²) in [6.07, 6.45) is 1.55. The Balaban J connectivity index is 1.62. The van der Waals surface area contributed by atoms with Crippen LogP contribution < -0.4 is 10.9 Å². The van der Waals surface area contributed by atoms with Gasteiger partial charge in [0.15, 0.2) is 0 Å². The van der Waals surface area contributed by atoms with Gasteiger partial charge in [-0.25, -0.2) is 4.79 Å². The highest BCUT2D eigenvalue weighted by molar-refractivity contribution is 5.94. The summed E-state index contributed by atoms with van der Waals surface area (Å²) >= 11 is 0. The molecule has 1 atom stereocenters. The number of aliphatic hydroxyl groups is 1. The molecule has 1 unspecified atom stereocenters. The number of hydrogen-bond acceptors (Lipinski definition) is 4. The zero-order chi connectivity index (χ0) is 24.9. The molecular formula is C29H28N2O4. The molecule has 178 valence electrons. The Hall–Kier alpha value is -3.90. The maximum atomic E-state index is 13.4. The van der Waals surface area contributed by atoms with E-state index in [1.807, 2.05) is 56.3 Å². The fraction of sp³-hybridized carbons (Fsp3) is 0.241. The van der Waals surface area contributed by atoms with Crippen molar-refractivity contribution in [2.24, 2.45) is 7.05 Å². The molecule has 1 aliphatic carbocycles. The van der Waals surface area contributed by atoms with Crippen molar-refractivity contribution in [3.05, 3.63) is 99.3 Å². The molecule has 1 aromatic heterocycles. The molecule has 4 aromatic rings. The van der Waals surface area contributed by atoms with Gasteiger partial charge in [-0.2, -0.15) is 0 Å². The molecule has 0 radical (unpaired) electrons. The fourth-order valence-electron chi connectivity index (χ4n) is 4.79. The predicted molar refractivity (Wildman–Crippen MR) is 138 cm³/mol. The van der Waals surface area contributed by atoms with Crippen LogP contribution in [0.2, 0.25) is 0 Å². The Morgan fingerprint density at radius 2 is 1.71 bits per heavy atom. The van der Waals surface area contributed by atoms with Gasteiger partial charge < -0.3 is 20.1 Å². The van der Waals surface area contributed by atoms with Crippen molar-refractivity contribution in [3.63, 3.8) is 0 Å². The van der Waals surface area contributed by atoms with E-state index in [2.05, 4.69) is 5.32 Å². The number of fused-ring (bicyclic) bond motifs is 1. The van der Waals surface area contributed by atoms with Crippen LogP contribution in [0.15, 0.2) is 71.5 Å². The molecule has 0 bridgehead atoms. The third-order valence-corrected chi connectivity index (χ3v) is 6.97. The first kappa shape index (κ1) is 22.9. The zero-order valence-corrected chi connectivity index (χ0v) is 20.0. The minimum Gasteiger partial charge on any atom is -0.478 e. The number of carbonyl (C=O) groups is 1. The molecule has 3 aromatic carbocycles. The van der Waals surface area contributed by atoms with Crippen LogP contribution in [0.4, 0.5) is 5.69 Å². The summed E-state index contributed by atoms with van der Waals surface area (Å²) < 4.78 is 1.66. The topological polar surface area (TPSA) is 91.6 Å². The third kappa shape index (κ3) is 4.10. The molecule has 3 N–H and O–H groups in total. The molecule has 0 aliphatic heterocycles. The highest BCUT2D eigenvalue weighted by Gasteiger charge is 2.41. The van der Waals surface area contributed by atoms with E-state index in [0.717, 1.165) is 46.2 Å². The number of hydrogen-bond donors (Lipinski definition) is 3. The van der Waals surface area contributed by atoms with Crippen LogP contribution in [0.3, 0.4) is 0 Å². The lowest BCUT2D eigenvalue weighted by Crippen LogP contribution is -2.20. The summed E-state index contributed by atoms with van der Waals surface area (Å²) in [5.41, 5.74) is 4.38.